The summed E-state index contributed by atoms with van der Waals surface area (Å²) < 4.78 is 29.0. The van der Waals surface area contributed by atoms with E-state index in [0.717, 1.165) is 12.1 Å². The summed E-state index contributed by atoms with van der Waals surface area (Å²) in [5.41, 5.74) is 6.35. The van der Waals surface area contributed by atoms with Crippen LogP contribution < -0.4 is 5.73 Å². The quantitative estimate of drug-likeness (QED) is 0.585. The van der Waals surface area contributed by atoms with E-state index in [4.69, 9.17) is 19.6 Å². The van der Waals surface area contributed by atoms with Crippen molar-refractivity contribution in [2.24, 2.45) is 0 Å². The van der Waals surface area contributed by atoms with E-state index in [9.17, 15) is 14.0 Å². The molecule has 8 nitrogen and oxygen atoms in total. The highest BCUT2D eigenvalue weighted by Gasteiger charge is 2.24. The number of hydrogen-bond donors (Lipinski definition) is 1. The van der Waals surface area contributed by atoms with Gasteiger partial charge in [0.15, 0.2) is 12.4 Å². The summed E-state index contributed by atoms with van der Waals surface area (Å²) in [6.45, 7) is 3.16. The second-order valence-electron chi connectivity index (χ2n) is 5.66. The highest BCUT2D eigenvalue weighted by atomic mass is 79.9. The van der Waals surface area contributed by atoms with E-state index in [1.54, 1.807) is 13.8 Å². The molecule has 3 rings (SSSR count). The fourth-order valence-electron chi connectivity index (χ4n) is 2.56. The van der Waals surface area contributed by atoms with Gasteiger partial charge in [-0.1, -0.05) is 0 Å². The number of rotatable bonds is 5. The molecular formula is C18H15BrFN3O5. The summed E-state index contributed by atoms with van der Waals surface area (Å²) in [5, 5.41) is 0.243. The molecule has 0 saturated carbocycles. The average molecular weight is 452 g/mol. The first-order chi connectivity index (χ1) is 13.3. The SMILES string of the molecule is CCOC(=O)c1c(C)oc2nc(COC(=O)c3ccc(F)cc3Br)nc(N)c12. The van der Waals surface area contributed by atoms with Gasteiger partial charge in [0.05, 0.1) is 17.6 Å². The van der Waals surface area contributed by atoms with Crippen LogP contribution >= 0.6 is 15.9 Å². The highest BCUT2D eigenvalue weighted by Crippen LogP contribution is 2.29. The summed E-state index contributed by atoms with van der Waals surface area (Å²) >= 11 is 3.10. The topological polar surface area (TPSA) is 118 Å². The average Bonchev–Trinajstić information content (AvgIpc) is 2.96. The number of aryl methyl sites for hydroxylation is 1. The molecule has 0 spiro atoms. The van der Waals surface area contributed by atoms with Crippen LogP contribution in [0.15, 0.2) is 27.1 Å². The first-order valence-electron chi connectivity index (χ1n) is 8.16. The minimum atomic E-state index is -0.697. The standard InChI is InChI=1S/C18H15BrFN3O5/c1-3-26-18(25)13-8(2)28-16-14(13)15(21)22-12(23-16)7-27-17(24)10-5-4-9(20)6-11(10)19/h4-6H,3,7H2,1-2H3,(H2,21,22,23). The van der Waals surface area contributed by atoms with E-state index in [1.807, 2.05) is 0 Å². The van der Waals surface area contributed by atoms with Crippen LogP contribution in [0.3, 0.4) is 0 Å². The van der Waals surface area contributed by atoms with E-state index in [2.05, 4.69) is 25.9 Å². The smallest absolute Gasteiger partial charge is 0.342 e. The van der Waals surface area contributed by atoms with Crippen molar-refractivity contribution < 1.29 is 27.9 Å². The molecule has 2 N–H and O–H groups in total. The second-order valence-corrected chi connectivity index (χ2v) is 6.51. The number of halogens is 2. The Morgan fingerprint density at radius 2 is 2.00 bits per heavy atom. The van der Waals surface area contributed by atoms with Crippen LogP contribution in [0.2, 0.25) is 0 Å². The van der Waals surface area contributed by atoms with Gasteiger partial charge in [-0.05, 0) is 48.0 Å². The molecule has 0 fully saturated rings. The summed E-state index contributed by atoms with van der Waals surface area (Å²) in [7, 11) is 0. The lowest BCUT2D eigenvalue weighted by Crippen LogP contribution is -2.10. The molecular weight excluding hydrogens is 437 g/mol. The molecule has 1 aromatic carbocycles. The maximum absolute atomic E-state index is 13.1. The molecule has 0 unspecified atom stereocenters. The van der Waals surface area contributed by atoms with Gasteiger partial charge in [0.2, 0.25) is 5.71 Å². The Bertz CT molecular complexity index is 1080. The van der Waals surface area contributed by atoms with Gasteiger partial charge in [0, 0.05) is 4.47 Å². The second kappa shape index (κ2) is 7.93. The van der Waals surface area contributed by atoms with Crippen molar-refractivity contribution in [3.05, 3.63) is 51.2 Å². The number of aromatic nitrogens is 2. The first kappa shape index (κ1) is 19.7. The van der Waals surface area contributed by atoms with Crippen molar-refractivity contribution in [3.63, 3.8) is 0 Å². The highest BCUT2D eigenvalue weighted by molar-refractivity contribution is 9.10. The third-order valence-electron chi connectivity index (χ3n) is 3.76. The van der Waals surface area contributed by atoms with E-state index in [-0.39, 0.29) is 51.6 Å². The number of esters is 2. The van der Waals surface area contributed by atoms with Gasteiger partial charge >= 0.3 is 11.9 Å². The van der Waals surface area contributed by atoms with Crippen LogP contribution in [0.5, 0.6) is 0 Å². The van der Waals surface area contributed by atoms with Gasteiger partial charge in [-0.3, -0.25) is 0 Å². The maximum atomic E-state index is 13.1. The summed E-state index contributed by atoms with van der Waals surface area (Å²) in [6.07, 6.45) is 0. The number of carbonyl (C=O) groups excluding carboxylic acids is 2. The molecule has 0 aliphatic carbocycles. The molecule has 0 radical (unpaired) electrons. The Morgan fingerprint density at radius 3 is 2.68 bits per heavy atom. The van der Waals surface area contributed by atoms with Crippen LogP contribution in [0.4, 0.5) is 10.2 Å². The van der Waals surface area contributed by atoms with Gasteiger partial charge in [0.25, 0.3) is 0 Å². The third kappa shape index (κ3) is 3.81. The van der Waals surface area contributed by atoms with Crippen LogP contribution in [-0.2, 0) is 16.1 Å². The number of fused-ring (bicyclic) bond motifs is 1. The number of benzene rings is 1. The molecule has 3 aromatic rings. The summed E-state index contributed by atoms with van der Waals surface area (Å²) in [6, 6.07) is 3.59. The van der Waals surface area contributed by atoms with Gasteiger partial charge in [-0.2, -0.15) is 4.98 Å². The van der Waals surface area contributed by atoms with Crippen molar-refractivity contribution in [2.75, 3.05) is 12.3 Å². The Balaban J connectivity index is 1.85. The monoisotopic (exact) mass is 451 g/mol. The number of nitrogens with two attached hydrogens (primary N) is 1. The number of carbonyl (C=O) groups is 2. The van der Waals surface area contributed by atoms with Gasteiger partial charge in [0.1, 0.15) is 23.0 Å². The van der Waals surface area contributed by atoms with E-state index < -0.39 is 17.8 Å². The van der Waals surface area contributed by atoms with Crippen LogP contribution in [-0.4, -0.2) is 28.5 Å². The molecule has 0 atom stereocenters. The predicted molar refractivity (Wildman–Crippen MR) is 100 cm³/mol. The Hall–Kier alpha value is -3.01. The predicted octanol–water partition coefficient (Wildman–Crippen LogP) is 3.55. The van der Waals surface area contributed by atoms with Gasteiger partial charge in [-0.25, -0.2) is 19.0 Å². The van der Waals surface area contributed by atoms with E-state index in [1.165, 1.54) is 6.07 Å². The molecule has 10 heteroatoms. The minimum absolute atomic E-state index is 0.00100. The van der Waals surface area contributed by atoms with Crippen molar-refractivity contribution >= 4 is 44.8 Å². The molecule has 0 bridgehead atoms. The van der Waals surface area contributed by atoms with Crippen LogP contribution in [0.1, 0.15) is 39.2 Å². The number of nitrogens with zero attached hydrogens (tertiary/aromatic N) is 2. The molecule has 146 valence electrons. The summed E-state index contributed by atoms with van der Waals surface area (Å²) in [4.78, 5) is 32.5. The zero-order valence-electron chi connectivity index (χ0n) is 14.9. The number of nitrogen functional groups attached to an aromatic ring is 1. The molecule has 28 heavy (non-hydrogen) atoms. The first-order valence-corrected chi connectivity index (χ1v) is 8.95. The van der Waals surface area contributed by atoms with Crippen molar-refractivity contribution in [2.45, 2.75) is 20.5 Å². The van der Waals surface area contributed by atoms with Crippen LogP contribution in [0, 0.1) is 12.7 Å². The number of anilines is 1. The van der Waals surface area contributed by atoms with Gasteiger partial charge < -0.3 is 19.6 Å². The number of furan rings is 1. The molecule has 2 heterocycles. The Labute approximate surface area is 167 Å². The lowest BCUT2D eigenvalue weighted by molar-refractivity contribution is 0.0460. The van der Waals surface area contributed by atoms with Crippen molar-refractivity contribution in [1.29, 1.82) is 0 Å². The molecule has 0 aliphatic heterocycles. The van der Waals surface area contributed by atoms with E-state index >= 15 is 0 Å². The molecule has 2 aromatic heterocycles. The van der Waals surface area contributed by atoms with Crippen molar-refractivity contribution in [1.82, 2.24) is 9.97 Å². The lowest BCUT2D eigenvalue weighted by Gasteiger charge is -2.07. The molecule has 0 amide bonds. The number of hydrogen-bond acceptors (Lipinski definition) is 8. The molecule has 0 aliphatic rings. The van der Waals surface area contributed by atoms with Gasteiger partial charge in [-0.15, -0.1) is 0 Å². The molecule has 0 saturated heterocycles. The lowest BCUT2D eigenvalue weighted by atomic mass is 10.2. The third-order valence-corrected chi connectivity index (χ3v) is 4.42. The largest absolute Gasteiger partial charge is 0.462 e. The zero-order valence-corrected chi connectivity index (χ0v) is 16.5. The minimum Gasteiger partial charge on any atom is -0.462 e. The fraction of sp³-hybridized carbons (Fsp3) is 0.222. The summed E-state index contributed by atoms with van der Waals surface area (Å²) in [5.74, 6) is -1.40. The zero-order chi connectivity index (χ0) is 20.4. The van der Waals surface area contributed by atoms with Crippen LogP contribution in [0.25, 0.3) is 11.1 Å². The Morgan fingerprint density at radius 1 is 1.25 bits per heavy atom. The normalized spacial score (nSPS) is 10.9. The number of ether oxygens (including phenoxy) is 2. The van der Waals surface area contributed by atoms with E-state index in [0.29, 0.717) is 5.76 Å². The fourth-order valence-corrected chi connectivity index (χ4v) is 3.07. The maximum Gasteiger partial charge on any atom is 0.342 e. The van der Waals surface area contributed by atoms with Crippen molar-refractivity contribution in [3.8, 4) is 0 Å². The Kier molecular flexibility index (Phi) is 5.59.